The van der Waals surface area contributed by atoms with E-state index in [-0.39, 0.29) is 0 Å². The van der Waals surface area contributed by atoms with Gasteiger partial charge < -0.3 is 10.4 Å². The highest BCUT2D eigenvalue weighted by Crippen LogP contribution is 2.35. The Morgan fingerprint density at radius 1 is 1.33 bits per heavy atom. The van der Waals surface area contributed by atoms with Crippen molar-refractivity contribution < 1.29 is 18.3 Å². The highest BCUT2D eigenvalue weighted by Gasteiger charge is 2.33. The molecule has 0 aliphatic heterocycles. The fourth-order valence-electron chi connectivity index (χ4n) is 1.24. The number of alkyl halides is 3. The summed E-state index contributed by atoms with van der Waals surface area (Å²) in [7, 11) is 1.73. The van der Waals surface area contributed by atoms with Gasteiger partial charge in [-0.2, -0.15) is 13.2 Å². The van der Waals surface area contributed by atoms with E-state index in [1.54, 1.807) is 7.05 Å². The third-order valence-electron chi connectivity index (χ3n) is 2.03. The second kappa shape index (κ2) is 4.53. The molecule has 0 aliphatic rings. The Kier molecular flexibility index (Phi) is 3.57. The fraction of sp³-hybridized carbons (Fsp3) is 0.400. The van der Waals surface area contributed by atoms with Crippen molar-refractivity contribution in [2.24, 2.45) is 0 Å². The van der Waals surface area contributed by atoms with Crippen LogP contribution in [-0.2, 0) is 12.6 Å². The second-order valence-electron chi connectivity index (χ2n) is 3.20. The van der Waals surface area contributed by atoms with Crippen LogP contribution in [0.2, 0.25) is 0 Å². The van der Waals surface area contributed by atoms with Crippen molar-refractivity contribution in [1.82, 2.24) is 5.32 Å². The van der Waals surface area contributed by atoms with Gasteiger partial charge in [0, 0.05) is 0 Å². The predicted molar refractivity (Wildman–Crippen MR) is 50.7 cm³/mol. The molecule has 5 heteroatoms. The molecule has 1 aromatic rings. The lowest BCUT2D eigenvalue weighted by Gasteiger charge is -2.10. The van der Waals surface area contributed by atoms with Crippen molar-refractivity contribution in [2.75, 3.05) is 13.6 Å². The molecule has 2 nitrogen and oxygen atoms in total. The van der Waals surface area contributed by atoms with E-state index in [2.05, 4.69) is 5.32 Å². The first-order valence-electron chi connectivity index (χ1n) is 4.49. The molecule has 1 rings (SSSR count). The Labute approximate surface area is 85.7 Å². The van der Waals surface area contributed by atoms with Gasteiger partial charge in [0.25, 0.3) is 0 Å². The standard InChI is InChI=1S/C10H12F3NO/c1-14-5-4-7-2-3-9(15)8(6-7)10(11,12)13/h2-3,6,14-15H,4-5H2,1H3. The van der Waals surface area contributed by atoms with Crippen LogP contribution in [0.25, 0.3) is 0 Å². The lowest BCUT2D eigenvalue weighted by molar-refractivity contribution is -0.138. The Hall–Kier alpha value is -1.23. The minimum absolute atomic E-state index is 0.500. The van der Waals surface area contributed by atoms with Crippen LogP contribution in [0.15, 0.2) is 18.2 Å². The third-order valence-corrected chi connectivity index (χ3v) is 2.03. The van der Waals surface area contributed by atoms with Gasteiger partial charge in [-0.25, -0.2) is 0 Å². The van der Waals surface area contributed by atoms with Crippen molar-refractivity contribution in [2.45, 2.75) is 12.6 Å². The molecule has 2 N–H and O–H groups in total. The number of benzene rings is 1. The second-order valence-corrected chi connectivity index (χ2v) is 3.20. The van der Waals surface area contributed by atoms with Crippen molar-refractivity contribution in [3.8, 4) is 5.75 Å². The van der Waals surface area contributed by atoms with Crippen LogP contribution in [-0.4, -0.2) is 18.7 Å². The summed E-state index contributed by atoms with van der Waals surface area (Å²) in [6, 6.07) is 3.54. The first-order chi connectivity index (χ1) is 6.95. The minimum atomic E-state index is -4.50. The topological polar surface area (TPSA) is 32.3 Å². The summed E-state index contributed by atoms with van der Waals surface area (Å²) in [5, 5.41) is 11.9. The number of hydrogen-bond donors (Lipinski definition) is 2. The number of aromatic hydroxyl groups is 1. The first kappa shape index (κ1) is 11.8. The molecule has 0 amide bonds. The highest BCUT2D eigenvalue weighted by atomic mass is 19.4. The molecule has 0 fully saturated rings. The fourth-order valence-corrected chi connectivity index (χ4v) is 1.24. The van der Waals surface area contributed by atoms with E-state index in [1.165, 1.54) is 6.07 Å². The van der Waals surface area contributed by atoms with E-state index < -0.39 is 17.5 Å². The van der Waals surface area contributed by atoms with E-state index in [0.717, 1.165) is 12.1 Å². The summed E-state index contributed by atoms with van der Waals surface area (Å²) in [4.78, 5) is 0. The summed E-state index contributed by atoms with van der Waals surface area (Å²) < 4.78 is 37.1. The summed E-state index contributed by atoms with van der Waals surface area (Å²) in [6.07, 6.45) is -4.00. The lowest BCUT2D eigenvalue weighted by atomic mass is 10.1. The van der Waals surface area contributed by atoms with Crippen LogP contribution < -0.4 is 5.32 Å². The molecule has 0 aliphatic carbocycles. The van der Waals surface area contributed by atoms with Crippen LogP contribution in [0, 0.1) is 0 Å². The van der Waals surface area contributed by atoms with Gasteiger partial charge in [0.1, 0.15) is 5.75 Å². The number of phenolic OH excluding ortho intramolecular Hbond substituents is 1. The molecule has 0 heterocycles. The van der Waals surface area contributed by atoms with Crippen LogP contribution in [0.3, 0.4) is 0 Å². The molecular formula is C10H12F3NO. The van der Waals surface area contributed by atoms with Crippen LogP contribution in [0.5, 0.6) is 5.75 Å². The number of nitrogens with one attached hydrogen (secondary N) is 1. The number of likely N-dealkylation sites (N-methyl/N-ethyl adjacent to an activating group) is 1. The monoisotopic (exact) mass is 219 g/mol. The smallest absolute Gasteiger partial charge is 0.419 e. The Bertz CT molecular complexity index is 336. The number of hydrogen-bond acceptors (Lipinski definition) is 2. The van der Waals surface area contributed by atoms with Gasteiger partial charge in [-0.3, -0.25) is 0 Å². The van der Waals surface area contributed by atoms with Crippen molar-refractivity contribution >= 4 is 0 Å². The van der Waals surface area contributed by atoms with Crippen LogP contribution >= 0.6 is 0 Å². The number of phenols is 1. The van der Waals surface area contributed by atoms with Gasteiger partial charge >= 0.3 is 6.18 Å². The first-order valence-corrected chi connectivity index (χ1v) is 4.49. The van der Waals surface area contributed by atoms with E-state index in [9.17, 15) is 13.2 Å². The molecule has 0 aromatic heterocycles. The van der Waals surface area contributed by atoms with E-state index >= 15 is 0 Å². The van der Waals surface area contributed by atoms with Gasteiger partial charge in [-0.1, -0.05) is 6.07 Å². The van der Waals surface area contributed by atoms with Gasteiger partial charge in [-0.05, 0) is 37.7 Å². The van der Waals surface area contributed by atoms with Crippen molar-refractivity contribution in [1.29, 1.82) is 0 Å². The van der Waals surface area contributed by atoms with E-state index in [0.29, 0.717) is 18.5 Å². The number of rotatable bonds is 3. The van der Waals surface area contributed by atoms with Gasteiger partial charge in [0.15, 0.2) is 0 Å². The molecule has 0 bridgehead atoms. The maximum absolute atomic E-state index is 12.4. The lowest BCUT2D eigenvalue weighted by Crippen LogP contribution is -2.11. The summed E-state index contributed by atoms with van der Waals surface area (Å²) in [6.45, 7) is 0.599. The normalized spacial score (nSPS) is 11.7. The van der Waals surface area contributed by atoms with Gasteiger partial charge in [0.2, 0.25) is 0 Å². The molecule has 0 unspecified atom stereocenters. The zero-order valence-electron chi connectivity index (χ0n) is 8.23. The average molecular weight is 219 g/mol. The van der Waals surface area contributed by atoms with Crippen LogP contribution in [0.4, 0.5) is 13.2 Å². The molecule has 0 radical (unpaired) electrons. The number of halogens is 3. The quantitative estimate of drug-likeness (QED) is 0.816. The molecule has 1 aromatic carbocycles. The Morgan fingerprint density at radius 3 is 2.53 bits per heavy atom. The zero-order valence-corrected chi connectivity index (χ0v) is 8.23. The molecular weight excluding hydrogens is 207 g/mol. The molecule has 15 heavy (non-hydrogen) atoms. The molecule has 0 atom stereocenters. The largest absolute Gasteiger partial charge is 0.507 e. The predicted octanol–water partition coefficient (Wildman–Crippen LogP) is 2.17. The van der Waals surface area contributed by atoms with Crippen molar-refractivity contribution in [3.63, 3.8) is 0 Å². The molecule has 0 saturated heterocycles. The van der Waals surface area contributed by atoms with E-state index in [1.807, 2.05) is 0 Å². The van der Waals surface area contributed by atoms with Gasteiger partial charge in [-0.15, -0.1) is 0 Å². The molecule has 0 spiro atoms. The average Bonchev–Trinajstić information content (AvgIpc) is 2.15. The summed E-state index contributed by atoms with van der Waals surface area (Å²) in [5.74, 6) is -0.726. The van der Waals surface area contributed by atoms with Crippen molar-refractivity contribution in [3.05, 3.63) is 29.3 Å². The Morgan fingerprint density at radius 2 is 2.00 bits per heavy atom. The summed E-state index contributed by atoms with van der Waals surface area (Å²) in [5.41, 5.74) is -0.425. The zero-order chi connectivity index (χ0) is 11.5. The SMILES string of the molecule is CNCCc1ccc(O)c(C(F)(F)F)c1. The third kappa shape index (κ3) is 3.13. The van der Waals surface area contributed by atoms with Gasteiger partial charge in [0.05, 0.1) is 5.56 Å². The molecule has 84 valence electrons. The summed E-state index contributed by atoms with van der Waals surface area (Å²) >= 11 is 0. The maximum Gasteiger partial charge on any atom is 0.419 e. The Balaban J connectivity index is 2.95. The maximum atomic E-state index is 12.4. The molecule has 0 saturated carbocycles. The van der Waals surface area contributed by atoms with Crippen LogP contribution in [0.1, 0.15) is 11.1 Å². The highest BCUT2D eigenvalue weighted by molar-refractivity contribution is 5.38. The minimum Gasteiger partial charge on any atom is -0.507 e. The van der Waals surface area contributed by atoms with E-state index in [4.69, 9.17) is 5.11 Å².